The maximum absolute atomic E-state index is 10.1. The lowest BCUT2D eigenvalue weighted by Gasteiger charge is -2.09. The topological polar surface area (TPSA) is 71.0 Å². The van der Waals surface area contributed by atoms with Crippen LogP contribution in [0.3, 0.4) is 0 Å². The molecule has 0 bridgehead atoms. The summed E-state index contributed by atoms with van der Waals surface area (Å²) in [6.45, 7) is 7.66. The van der Waals surface area contributed by atoms with Crippen molar-refractivity contribution in [3.63, 3.8) is 0 Å². The fraction of sp³-hybridized carbons (Fsp3) is 0.727. The number of carboxylic acids is 1. The first kappa shape index (κ1) is 15.7. The highest BCUT2D eigenvalue weighted by atomic mass is 16.5. The summed E-state index contributed by atoms with van der Waals surface area (Å²) in [7, 11) is 0. The quantitative estimate of drug-likeness (QED) is 0.636. The smallest absolute Gasteiger partial charge is 0.323 e. The standard InChI is InChI=1S/C6H14O2.C5H8N2O2/c1-3-7-5-6-8-4-2;8-5(9)3-7-2-1-6-4-7/h3-6H2,1-2H3;1-2,6H,3-4H2,(H,8,9). The van der Waals surface area contributed by atoms with Crippen molar-refractivity contribution in [1.29, 1.82) is 0 Å². The summed E-state index contributed by atoms with van der Waals surface area (Å²) >= 11 is 0. The number of ether oxygens (including phenoxy) is 2. The first-order chi connectivity index (χ1) is 8.20. The van der Waals surface area contributed by atoms with Crippen LogP contribution in [0, 0.1) is 0 Å². The summed E-state index contributed by atoms with van der Waals surface area (Å²) in [5, 5.41) is 11.1. The van der Waals surface area contributed by atoms with E-state index in [9.17, 15) is 4.79 Å². The molecule has 17 heavy (non-hydrogen) atoms. The molecule has 1 aliphatic heterocycles. The molecule has 6 heteroatoms. The third kappa shape index (κ3) is 11.0. The van der Waals surface area contributed by atoms with Gasteiger partial charge in [0.2, 0.25) is 0 Å². The van der Waals surface area contributed by atoms with Crippen molar-refractivity contribution in [1.82, 2.24) is 10.2 Å². The van der Waals surface area contributed by atoms with Gasteiger partial charge in [-0.1, -0.05) is 0 Å². The third-order valence-corrected chi connectivity index (χ3v) is 1.82. The molecular weight excluding hydrogens is 224 g/mol. The molecule has 0 fully saturated rings. The molecule has 1 heterocycles. The van der Waals surface area contributed by atoms with Crippen LogP contribution < -0.4 is 5.32 Å². The van der Waals surface area contributed by atoms with Gasteiger partial charge in [0.1, 0.15) is 6.54 Å². The number of carboxylic acid groups (broad SMARTS) is 1. The molecule has 6 nitrogen and oxygen atoms in total. The maximum Gasteiger partial charge on any atom is 0.323 e. The first-order valence-corrected chi connectivity index (χ1v) is 5.72. The van der Waals surface area contributed by atoms with Gasteiger partial charge < -0.3 is 24.8 Å². The van der Waals surface area contributed by atoms with E-state index in [4.69, 9.17) is 14.6 Å². The predicted octanol–water partition coefficient (Wildman–Crippen LogP) is 0.464. The van der Waals surface area contributed by atoms with E-state index in [-0.39, 0.29) is 6.54 Å². The third-order valence-electron chi connectivity index (χ3n) is 1.82. The van der Waals surface area contributed by atoms with E-state index in [2.05, 4.69) is 5.32 Å². The fourth-order valence-corrected chi connectivity index (χ4v) is 1.07. The molecular formula is C11H22N2O4. The normalized spacial score (nSPS) is 12.9. The van der Waals surface area contributed by atoms with Crippen molar-refractivity contribution in [3.8, 4) is 0 Å². The van der Waals surface area contributed by atoms with Crippen LogP contribution in [0.4, 0.5) is 0 Å². The molecule has 0 saturated heterocycles. The second kappa shape index (κ2) is 11.2. The van der Waals surface area contributed by atoms with Gasteiger partial charge in [-0.25, -0.2) is 0 Å². The van der Waals surface area contributed by atoms with E-state index in [0.29, 0.717) is 6.67 Å². The van der Waals surface area contributed by atoms with E-state index in [1.165, 1.54) is 0 Å². The molecule has 100 valence electrons. The Kier molecular flexibility index (Phi) is 10.4. The van der Waals surface area contributed by atoms with Gasteiger partial charge >= 0.3 is 5.97 Å². The number of carbonyl (C=O) groups is 1. The number of nitrogens with one attached hydrogen (secondary N) is 1. The molecule has 0 aromatic carbocycles. The molecule has 1 aliphatic rings. The van der Waals surface area contributed by atoms with Gasteiger partial charge in [0, 0.05) is 25.6 Å². The Morgan fingerprint density at radius 3 is 2.29 bits per heavy atom. The molecule has 0 unspecified atom stereocenters. The van der Waals surface area contributed by atoms with Gasteiger partial charge in [0.05, 0.1) is 19.9 Å². The minimum Gasteiger partial charge on any atom is -0.480 e. The molecule has 0 spiro atoms. The van der Waals surface area contributed by atoms with Crippen LogP contribution in [0.15, 0.2) is 12.4 Å². The largest absolute Gasteiger partial charge is 0.480 e. The van der Waals surface area contributed by atoms with E-state index in [0.717, 1.165) is 26.4 Å². The van der Waals surface area contributed by atoms with Gasteiger partial charge in [-0.15, -0.1) is 0 Å². The second-order valence-corrected chi connectivity index (χ2v) is 3.21. The van der Waals surface area contributed by atoms with Crippen molar-refractivity contribution in [2.45, 2.75) is 13.8 Å². The highest BCUT2D eigenvalue weighted by Crippen LogP contribution is 1.91. The van der Waals surface area contributed by atoms with Crippen molar-refractivity contribution in [2.75, 3.05) is 39.6 Å². The van der Waals surface area contributed by atoms with E-state index in [1.54, 1.807) is 17.3 Å². The van der Waals surface area contributed by atoms with Crippen molar-refractivity contribution in [3.05, 3.63) is 12.4 Å². The van der Waals surface area contributed by atoms with Crippen molar-refractivity contribution in [2.24, 2.45) is 0 Å². The Hall–Kier alpha value is -1.27. The lowest BCUT2D eigenvalue weighted by molar-refractivity contribution is -0.137. The Morgan fingerprint density at radius 2 is 1.94 bits per heavy atom. The fourth-order valence-electron chi connectivity index (χ4n) is 1.07. The number of rotatable bonds is 7. The molecule has 0 aromatic rings. The number of hydrogen-bond acceptors (Lipinski definition) is 5. The average molecular weight is 246 g/mol. The van der Waals surface area contributed by atoms with Crippen LogP contribution in [-0.4, -0.2) is 55.6 Å². The lowest BCUT2D eigenvalue weighted by Crippen LogP contribution is -2.26. The number of nitrogens with zero attached hydrogens (tertiary/aromatic N) is 1. The summed E-state index contributed by atoms with van der Waals surface area (Å²) in [5.41, 5.74) is 0. The zero-order valence-electron chi connectivity index (χ0n) is 10.5. The molecule has 0 radical (unpaired) electrons. The summed E-state index contributed by atoms with van der Waals surface area (Å²) in [6, 6.07) is 0. The van der Waals surface area contributed by atoms with E-state index in [1.807, 2.05) is 13.8 Å². The van der Waals surface area contributed by atoms with E-state index >= 15 is 0 Å². The summed E-state index contributed by atoms with van der Waals surface area (Å²) in [6.07, 6.45) is 3.44. The molecule has 2 N–H and O–H groups in total. The molecule has 0 saturated carbocycles. The van der Waals surface area contributed by atoms with Gasteiger partial charge in [-0.2, -0.15) is 0 Å². The monoisotopic (exact) mass is 246 g/mol. The van der Waals surface area contributed by atoms with Crippen LogP contribution in [0.1, 0.15) is 13.8 Å². The minimum atomic E-state index is -0.802. The van der Waals surface area contributed by atoms with Crippen LogP contribution in [0.5, 0.6) is 0 Å². The Bertz CT molecular complexity index is 216. The van der Waals surface area contributed by atoms with Crippen LogP contribution in [-0.2, 0) is 14.3 Å². The first-order valence-electron chi connectivity index (χ1n) is 5.72. The lowest BCUT2D eigenvalue weighted by atomic mass is 10.6. The van der Waals surface area contributed by atoms with Gasteiger partial charge in [0.15, 0.2) is 0 Å². The minimum absolute atomic E-state index is 0.0729. The molecule has 0 aliphatic carbocycles. The zero-order valence-corrected chi connectivity index (χ0v) is 10.5. The summed E-state index contributed by atoms with van der Waals surface area (Å²) in [4.78, 5) is 11.7. The molecule has 0 aromatic heterocycles. The van der Waals surface area contributed by atoms with E-state index < -0.39 is 5.97 Å². The average Bonchev–Trinajstić information content (AvgIpc) is 2.77. The summed E-state index contributed by atoms with van der Waals surface area (Å²) < 4.78 is 10.0. The highest BCUT2D eigenvalue weighted by molar-refractivity contribution is 5.69. The zero-order chi connectivity index (χ0) is 12.9. The SMILES string of the molecule is CCOCCOCC.O=C(O)CN1C=CNC1. The predicted molar refractivity (Wildman–Crippen MR) is 64.5 cm³/mol. The second-order valence-electron chi connectivity index (χ2n) is 3.21. The van der Waals surface area contributed by atoms with Gasteiger partial charge in [-0.05, 0) is 13.8 Å². The number of aliphatic carboxylic acids is 1. The molecule has 1 rings (SSSR count). The Balaban J connectivity index is 0.000000304. The maximum atomic E-state index is 10.1. The van der Waals surface area contributed by atoms with Crippen molar-refractivity contribution >= 4 is 5.97 Å². The molecule has 0 atom stereocenters. The Labute approximate surface area is 102 Å². The van der Waals surface area contributed by atoms with Crippen LogP contribution in [0.2, 0.25) is 0 Å². The van der Waals surface area contributed by atoms with Crippen molar-refractivity contribution < 1.29 is 19.4 Å². The van der Waals surface area contributed by atoms with Crippen LogP contribution in [0.25, 0.3) is 0 Å². The Morgan fingerprint density at radius 1 is 1.35 bits per heavy atom. The van der Waals surface area contributed by atoms with Gasteiger partial charge in [-0.3, -0.25) is 4.79 Å². The van der Waals surface area contributed by atoms with Crippen LogP contribution >= 0.6 is 0 Å². The number of hydrogen-bond donors (Lipinski definition) is 2. The van der Waals surface area contributed by atoms with Gasteiger partial charge in [0.25, 0.3) is 0 Å². The molecule has 0 amide bonds. The highest BCUT2D eigenvalue weighted by Gasteiger charge is 2.06. The summed E-state index contributed by atoms with van der Waals surface area (Å²) in [5.74, 6) is -0.802.